The van der Waals surface area contributed by atoms with Gasteiger partial charge < -0.3 is 9.47 Å². The van der Waals surface area contributed by atoms with Gasteiger partial charge in [0.2, 0.25) is 0 Å². The number of ether oxygens (including phenoxy) is 2. The Bertz CT molecular complexity index is 404. The molecule has 0 aromatic heterocycles. The molecule has 0 fully saturated rings. The van der Waals surface area contributed by atoms with E-state index in [9.17, 15) is 9.59 Å². The summed E-state index contributed by atoms with van der Waals surface area (Å²) in [5.74, 6) is -0.481. The first kappa shape index (κ1) is 15.5. The van der Waals surface area contributed by atoms with Gasteiger partial charge >= 0.3 is 11.9 Å². The first-order chi connectivity index (χ1) is 9.10. The second-order valence-corrected chi connectivity index (χ2v) is 4.41. The van der Waals surface area contributed by atoms with Gasteiger partial charge in [0, 0.05) is 12.0 Å². The Labute approximate surface area is 114 Å². The van der Waals surface area contributed by atoms with Gasteiger partial charge in [-0.15, -0.1) is 0 Å². The summed E-state index contributed by atoms with van der Waals surface area (Å²) < 4.78 is 9.99. The maximum atomic E-state index is 11.9. The van der Waals surface area contributed by atoms with Crippen molar-refractivity contribution in [3.05, 3.63) is 22.8 Å². The molecule has 0 spiro atoms. The van der Waals surface area contributed by atoms with E-state index in [1.54, 1.807) is 13.8 Å². The summed E-state index contributed by atoms with van der Waals surface area (Å²) >= 11 is 0. The molecule has 0 saturated heterocycles. The fraction of sp³-hybridized carbons (Fsp3) is 0.600. The zero-order chi connectivity index (χ0) is 14.3. The average molecular weight is 266 g/mol. The molecule has 0 radical (unpaired) electrons. The van der Waals surface area contributed by atoms with E-state index in [0.29, 0.717) is 38.0 Å². The minimum absolute atomic E-state index is 0.225. The molecule has 4 nitrogen and oxygen atoms in total. The van der Waals surface area contributed by atoms with Crippen LogP contribution in [0, 0.1) is 0 Å². The minimum atomic E-state index is -0.256. The highest BCUT2D eigenvalue weighted by molar-refractivity contribution is 5.90. The van der Waals surface area contributed by atoms with E-state index in [2.05, 4.69) is 6.08 Å². The summed E-state index contributed by atoms with van der Waals surface area (Å²) in [5.41, 5.74) is 2.72. The molecule has 0 saturated carbocycles. The Morgan fingerprint density at radius 2 is 1.89 bits per heavy atom. The summed E-state index contributed by atoms with van der Waals surface area (Å²) in [5, 5.41) is 0. The molecule has 1 rings (SSSR count). The number of rotatable bonds is 6. The van der Waals surface area contributed by atoms with Crippen molar-refractivity contribution in [3.63, 3.8) is 0 Å². The Balaban J connectivity index is 2.79. The van der Waals surface area contributed by atoms with Crippen molar-refractivity contribution in [2.75, 3.05) is 13.2 Å². The maximum absolute atomic E-state index is 11.9. The maximum Gasteiger partial charge on any atom is 0.334 e. The van der Waals surface area contributed by atoms with Gasteiger partial charge in [-0.05, 0) is 45.6 Å². The van der Waals surface area contributed by atoms with E-state index in [4.69, 9.17) is 9.47 Å². The van der Waals surface area contributed by atoms with E-state index < -0.39 is 0 Å². The van der Waals surface area contributed by atoms with Crippen molar-refractivity contribution < 1.29 is 19.1 Å². The molecule has 0 unspecified atom stereocenters. The van der Waals surface area contributed by atoms with Crippen LogP contribution in [-0.4, -0.2) is 25.2 Å². The third-order valence-electron chi connectivity index (χ3n) is 3.09. The molecule has 0 aromatic rings. The molecular formula is C15H22O4. The lowest BCUT2D eigenvalue weighted by Crippen LogP contribution is -2.14. The number of carbonyl (C=O) groups is 2. The van der Waals surface area contributed by atoms with Crippen LogP contribution in [0.2, 0.25) is 0 Å². The number of esters is 2. The Morgan fingerprint density at radius 3 is 2.53 bits per heavy atom. The van der Waals surface area contributed by atoms with Crippen LogP contribution in [0.5, 0.6) is 0 Å². The highest BCUT2D eigenvalue weighted by Gasteiger charge is 2.21. The number of hydrogen-bond donors (Lipinski definition) is 0. The van der Waals surface area contributed by atoms with Crippen molar-refractivity contribution in [2.45, 2.75) is 46.5 Å². The summed E-state index contributed by atoms with van der Waals surface area (Å²) in [4.78, 5) is 23.3. The molecular weight excluding hydrogens is 244 g/mol. The van der Waals surface area contributed by atoms with Gasteiger partial charge in [-0.1, -0.05) is 11.6 Å². The zero-order valence-corrected chi connectivity index (χ0v) is 12.0. The van der Waals surface area contributed by atoms with Crippen molar-refractivity contribution in [2.24, 2.45) is 0 Å². The van der Waals surface area contributed by atoms with Crippen molar-refractivity contribution in [1.29, 1.82) is 0 Å². The van der Waals surface area contributed by atoms with Gasteiger partial charge in [-0.3, -0.25) is 4.79 Å². The Hall–Kier alpha value is -1.58. The summed E-state index contributed by atoms with van der Waals surface area (Å²) in [7, 11) is 0. The second kappa shape index (κ2) is 7.77. The highest BCUT2D eigenvalue weighted by Crippen LogP contribution is 2.29. The lowest BCUT2D eigenvalue weighted by molar-refractivity contribution is -0.143. The van der Waals surface area contributed by atoms with Crippen LogP contribution in [0.3, 0.4) is 0 Å². The lowest BCUT2D eigenvalue weighted by Gasteiger charge is -2.18. The average Bonchev–Trinajstić information content (AvgIpc) is 2.37. The van der Waals surface area contributed by atoms with Crippen molar-refractivity contribution >= 4 is 11.9 Å². The Kier molecular flexibility index (Phi) is 6.33. The first-order valence-corrected chi connectivity index (χ1v) is 6.82. The zero-order valence-electron chi connectivity index (χ0n) is 12.0. The van der Waals surface area contributed by atoms with E-state index in [0.717, 1.165) is 17.6 Å². The molecule has 1 aliphatic rings. The molecule has 4 heteroatoms. The molecule has 0 aliphatic heterocycles. The largest absolute Gasteiger partial charge is 0.466 e. The van der Waals surface area contributed by atoms with Crippen LogP contribution >= 0.6 is 0 Å². The van der Waals surface area contributed by atoms with Gasteiger partial charge in [0.15, 0.2) is 0 Å². The molecule has 0 aromatic carbocycles. The van der Waals surface area contributed by atoms with Gasteiger partial charge in [-0.25, -0.2) is 4.79 Å². The fourth-order valence-corrected chi connectivity index (χ4v) is 2.20. The minimum Gasteiger partial charge on any atom is -0.466 e. The SMILES string of the molecule is CCOC(=O)CCC1=C(C(=O)OCC)CCC=C1C. The molecule has 0 heterocycles. The van der Waals surface area contributed by atoms with Crippen LogP contribution < -0.4 is 0 Å². The van der Waals surface area contributed by atoms with Gasteiger partial charge in [0.05, 0.1) is 13.2 Å². The standard InChI is InChI=1S/C15H22O4/c1-4-18-14(16)10-9-12-11(3)7-6-8-13(12)15(17)19-5-2/h7H,4-6,8-10H2,1-3H3. The molecule has 0 bridgehead atoms. The first-order valence-electron chi connectivity index (χ1n) is 6.82. The number of carbonyl (C=O) groups excluding carboxylic acids is 2. The van der Waals surface area contributed by atoms with Gasteiger partial charge in [0.25, 0.3) is 0 Å². The Morgan fingerprint density at radius 1 is 1.21 bits per heavy atom. The fourth-order valence-electron chi connectivity index (χ4n) is 2.20. The van der Waals surface area contributed by atoms with Gasteiger partial charge in [0.1, 0.15) is 0 Å². The van der Waals surface area contributed by atoms with Crippen LogP contribution in [0.4, 0.5) is 0 Å². The van der Waals surface area contributed by atoms with Crippen LogP contribution in [0.25, 0.3) is 0 Å². The van der Waals surface area contributed by atoms with Crippen LogP contribution in [0.1, 0.15) is 46.5 Å². The summed E-state index contributed by atoms with van der Waals surface area (Å²) in [6.07, 6.45) is 4.48. The smallest absolute Gasteiger partial charge is 0.334 e. The highest BCUT2D eigenvalue weighted by atomic mass is 16.5. The third-order valence-corrected chi connectivity index (χ3v) is 3.09. The van der Waals surface area contributed by atoms with Crippen molar-refractivity contribution in [1.82, 2.24) is 0 Å². The number of hydrogen-bond acceptors (Lipinski definition) is 4. The van der Waals surface area contributed by atoms with Crippen molar-refractivity contribution in [3.8, 4) is 0 Å². The molecule has 0 amide bonds. The predicted octanol–water partition coefficient (Wildman–Crippen LogP) is 2.93. The quantitative estimate of drug-likeness (QED) is 0.694. The van der Waals surface area contributed by atoms with E-state index in [1.807, 2.05) is 6.92 Å². The third kappa shape index (κ3) is 4.54. The molecule has 106 valence electrons. The molecule has 19 heavy (non-hydrogen) atoms. The topological polar surface area (TPSA) is 52.6 Å². The summed E-state index contributed by atoms with van der Waals surface area (Å²) in [6.45, 7) is 6.31. The second-order valence-electron chi connectivity index (χ2n) is 4.41. The number of allylic oxidation sites excluding steroid dienone is 3. The molecule has 1 aliphatic carbocycles. The monoisotopic (exact) mass is 266 g/mol. The van der Waals surface area contributed by atoms with Gasteiger partial charge in [-0.2, -0.15) is 0 Å². The molecule has 0 atom stereocenters. The normalized spacial score (nSPS) is 15.0. The van der Waals surface area contributed by atoms with E-state index in [-0.39, 0.29) is 11.9 Å². The van der Waals surface area contributed by atoms with E-state index in [1.165, 1.54) is 0 Å². The molecule has 0 N–H and O–H groups in total. The van der Waals surface area contributed by atoms with Crippen LogP contribution in [-0.2, 0) is 19.1 Å². The van der Waals surface area contributed by atoms with E-state index >= 15 is 0 Å². The van der Waals surface area contributed by atoms with Crippen LogP contribution in [0.15, 0.2) is 22.8 Å². The predicted molar refractivity (Wildman–Crippen MR) is 72.5 cm³/mol. The summed E-state index contributed by atoms with van der Waals surface area (Å²) in [6, 6.07) is 0. The lowest BCUT2D eigenvalue weighted by atomic mass is 9.89.